The molecule has 0 spiro atoms. The Morgan fingerprint density at radius 2 is 2.17 bits per heavy atom. The van der Waals surface area contributed by atoms with Gasteiger partial charge < -0.3 is 0 Å². The maximum atomic E-state index is 12.2. The summed E-state index contributed by atoms with van der Waals surface area (Å²) in [5.41, 5.74) is -0.877. The highest BCUT2D eigenvalue weighted by Crippen LogP contribution is 2.64. The SMILES string of the molecule is C=CCNS(=O)(=O)C[C@]12CC[C@H](CC1=O)C2(C)C. The van der Waals surface area contributed by atoms with Crippen molar-refractivity contribution in [2.45, 2.75) is 33.1 Å². The van der Waals surface area contributed by atoms with E-state index >= 15 is 0 Å². The Balaban J connectivity index is 2.27. The van der Waals surface area contributed by atoms with Crippen LogP contribution in [-0.2, 0) is 14.8 Å². The van der Waals surface area contributed by atoms with Gasteiger partial charge in [-0.25, -0.2) is 13.1 Å². The predicted octanol–water partition coefficient (Wildman–Crippen LogP) is 1.49. The van der Waals surface area contributed by atoms with Crippen molar-refractivity contribution in [1.82, 2.24) is 4.72 Å². The largest absolute Gasteiger partial charge is 0.299 e. The minimum atomic E-state index is -3.42. The number of rotatable bonds is 5. The third kappa shape index (κ3) is 1.84. The zero-order chi connectivity index (χ0) is 13.6. The quantitative estimate of drug-likeness (QED) is 0.771. The van der Waals surface area contributed by atoms with Crippen molar-refractivity contribution in [1.29, 1.82) is 0 Å². The molecule has 0 heterocycles. The van der Waals surface area contributed by atoms with Gasteiger partial charge in [0.2, 0.25) is 10.0 Å². The molecule has 2 saturated carbocycles. The van der Waals surface area contributed by atoms with Crippen LogP contribution < -0.4 is 4.72 Å². The van der Waals surface area contributed by atoms with E-state index in [1.165, 1.54) is 6.08 Å². The molecule has 0 radical (unpaired) electrons. The van der Waals surface area contributed by atoms with Gasteiger partial charge in [-0.05, 0) is 24.2 Å². The van der Waals surface area contributed by atoms with Crippen molar-refractivity contribution < 1.29 is 13.2 Å². The lowest BCUT2D eigenvalue weighted by Gasteiger charge is -2.36. The molecule has 0 aromatic rings. The number of hydrogen-bond donors (Lipinski definition) is 1. The van der Waals surface area contributed by atoms with Crippen molar-refractivity contribution in [3.63, 3.8) is 0 Å². The van der Waals surface area contributed by atoms with Crippen LogP contribution >= 0.6 is 0 Å². The number of sulfonamides is 1. The number of carbonyl (C=O) groups is 1. The van der Waals surface area contributed by atoms with E-state index in [4.69, 9.17) is 0 Å². The van der Waals surface area contributed by atoms with Crippen LogP contribution in [0.5, 0.6) is 0 Å². The molecule has 2 bridgehead atoms. The molecule has 2 rings (SSSR count). The maximum Gasteiger partial charge on any atom is 0.212 e. The van der Waals surface area contributed by atoms with E-state index < -0.39 is 15.4 Å². The van der Waals surface area contributed by atoms with Crippen molar-refractivity contribution in [2.75, 3.05) is 12.3 Å². The number of fused-ring (bicyclic) bond motifs is 2. The van der Waals surface area contributed by atoms with E-state index in [9.17, 15) is 13.2 Å². The van der Waals surface area contributed by atoms with E-state index in [1.54, 1.807) is 0 Å². The molecule has 0 amide bonds. The molecule has 102 valence electrons. The fourth-order valence-corrected chi connectivity index (χ4v) is 5.47. The van der Waals surface area contributed by atoms with E-state index in [1.807, 2.05) is 13.8 Å². The summed E-state index contributed by atoms with van der Waals surface area (Å²) in [7, 11) is -3.42. The van der Waals surface area contributed by atoms with Gasteiger partial charge in [0.1, 0.15) is 5.78 Å². The summed E-state index contributed by atoms with van der Waals surface area (Å²) >= 11 is 0. The van der Waals surface area contributed by atoms with Crippen LogP contribution in [0, 0.1) is 16.7 Å². The highest BCUT2D eigenvalue weighted by molar-refractivity contribution is 7.89. The molecule has 2 aliphatic carbocycles. The lowest BCUT2D eigenvalue weighted by molar-refractivity contribution is -0.128. The van der Waals surface area contributed by atoms with E-state index in [-0.39, 0.29) is 23.5 Å². The van der Waals surface area contributed by atoms with Gasteiger partial charge in [-0.15, -0.1) is 6.58 Å². The standard InChI is InChI=1S/C13H21NO3S/c1-4-7-14-18(16,17)9-13-6-5-10(8-11(13)15)12(13,2)3/h4,10,14H,1,5-9H2,2-3H3/t10-,13-/m1/s1. The number of Topliss-reactive ketones (excluding diaryl/α,β-unsaturated/α-hetero) is 1. The fraction of sp³-hybridized carbons (Fsp3) is 0.769. The summed E-state index contributed by atoms with van der Waals surface area (Å²) in [6.07, 6.45) is 3.73. The van der Waals surface area contributed by atoms with Crippen LogP contribution in [0.1, 0.15) is 33.1 Å². The molecule has 5 heteroatoms. The normalized spacial score (nSPS) is 33.9. The van der Waals surface area contributed by atoms with Crippen molar-refractivity contribution in [3.05, 3.63) is 12.7 Å². The van der Waals surface area contributed by atoms with E-state index in [0.29, 0.717) is 18.8 Å². The molecule has 0 aliphatic heterocycles. The van der Waals surface area contributed by atoms with Gasteiger partial charge in [-0.2, -0.15) is 0 Å². The zero-order valence-corrected chi connectivity index (χ0v) is 11.8. The highest BCUT2D eigenvalue weighted by Gasteiger charge is 2.65. The topological polar surface area (TPSA) is 63.2 Å². The average Bonchev–Trinajstić information content (AvgIpc) is 2.59. The van der Waals surface area contributed by atoms with Crippen molar-refractivity contribution in [3.8, 4) is 0 Å². The molecule has 2 aliphatic rings. The Hall–Kier alpha value is -0.680. The smallest absolute Gasteiger partial charge is 0.212 e. The van der Waals surface area contributed by atoms with Crippen LogP contribution in [0.3, 0.4) is 0 Å². The molecule has 2 fully saturated rings. The molecule has 2 atom stereocenters. The summed E-state index contributed by atoms with van der Waals surface area (Å²) in [6, 6.07) is 0. The first-order valence-electron chi connectivity index (χ1n) is 6.37. The zero-order valence-electron chi connectivity index (χ0n) is 11.0. The first kappa shape index (κ1) is 13.7. The second kappa shape index (κ2) is 4.17. The Kier molecular flexibility index (Phi) is 3.18. The molecule has 1 N–H and O–H groups in total. The molecule has 4 nitrogen and oxygen atoms in total. The summed E-state index contributed by atoms with van der Waals surface area (Å²) < 4.78 is 26.6. The van der Waals surface area contributed by atoms with Gasteiger partial charge >= 0.3 is 0 Å². The third-order valence-corrected chi connectivity index (χ3v) is 6.50. The monoisotopic (exact) mass is 271 g/mol. The second-order valence-electron chi connectivity index (χ2n) is 6.06. The van der Waals surface area contributed by atoms with Gasteiger partial charge in [-0.1, -0.05) is 19.9 Å². The molecular weight excluding hydrogens is 250 g/mol. The maximum absolute atomic E-state index is 12.2. The lowest BCUT2D eigenvalue weighted by atomic mass is 9.70. The predicted molar refractivity (Wildman–Crippen MR) is 70.5 cm³/mol. The van der Waals surface area contributed by atoms with Crippen LogP contribution in [-0.4, -0.2) is 26.5 Å². The Labute approximate surface area is 109 Å². The molecular formula is C13H21NO3S. The first-order chi connectivity index (χ1) is 8.25. The molecule has 0 unspecified atom stereocenters. The lowest BCUT2D eigenvalue weighted by Crippen LogP contribution is -2.45. The molecule has 18 heavy (non-hydrogen) atoms. The Morgan fingerprint density at radius 1 is 1.50 bits per heavy atom. The van der Waals surface area contributed by atoms with Crippen molar-refractivity contribution >= 4 is 15.8 Å². The number of carbonyl (C=O) groups excluding carboxylic acids is 1. The summed E-state index contributed by atoms with van der Waals surface area (Å²) in [5, 5.41) is 0. The van der Waals surface area contributed by atoms with Crippen LogP contribution in [0.2, 0.25) is 0 Å². The number of nitrogens with one attached hydrogen (secondary N) is 1. The van der Waals surface area contributed by atoms with Crippen LogP contribution in [0.15, 0.2) is 12.7 Å². The second-order valence-corrected chi connectivity index (χ2v) is 7.87. The Morgan fingerprint density at radius 3 is 2.61 bits per heavy atom. The van der Waals surface area contributed by atoms with E-state index in [0.717, 1.165) is 6.42 Å². The minimum absolute atomic E-state index is 0.0732. The first-order valence-corrected chi connectivity index (χ1v) is 8.02. The van der Waals surface area contributed by atoms with E-state index in [2.05, 4.69) is 11.3 Å². The van der Waals surface area contributed by atoms with Gasteiger partial charge in [0.25, 0.3) is 0 Å². The number of hydrogen-bond acceptors (Lipinski definition) is 3. The van der Waals surface area contributed by atoms with Crippen molar-refractivity contribution in [2.24, 2.45) is 16.7 Å². The molecule has 0 saturated heterocycles. The van der Waals surface area contributed by atoms with Gasteiger partial charge in [0, 0.05) is 18.4 Å². The summed E-state index contributed by atoms with van der Waals surface area (Å²) in [4.78, 5) is 12.2. The Bertz CT molecular complexity index is 480. The summed E-state index contributed by atoms with van der Waals surface area (Å²) in [6.45, 7) is 7.79. The fourth-order valence-electron chi connectivity index (χ4n) is 3.67. The minimum Gasteiger partial charge on any atom is -0.299 e. The number of ketones is 1. The third-order valence-electron chi connectivity index (χ3n) is 5.02. The molecule has 0 aromatic heterocycles. The van der Waals surface area contributed by atoms with Crippen LogP contribution in [0.25, 0.3) is 0 Å². The van der Waals surface area contributed by atoms with Gasteiger partial charge in [-0.3, -0.25) is 4.79 Å². The average molecular weight is 271 g/mol. The summed E-state index contributed by atoms with van der Waals surface area (Å²) in [5.74, 6) is 0.406. The highest BCUT2D eigenvalue weighted by atomic mass is 32.2. The van der Waals surface area contributed by atoms with Gasteiger partial charge in [0.05, 0.1) is 5.75 Å². The van der Waals surface area contributed by atoms with Gasteiger partial charge in [0.15, 0.2) is 0 Å². The molecule has 0 aromatic carbocycles. The van der Waals surface area contributed by atoms with Crippen LogP contribution in [0.4, 0.5) is 0 Å².